The van der Waals surface area contributed by atoms with E-state index < -0.39 is 40.5 Å². The lowest BCUT2D eigenvalue weighted by Gasteiger charge is -2.47. The van der Waals surface area contributed by atoms with E-state index in [2.05, 4.69) is 4.74 Å². The number of esters is 1. The molecule has 136 valence electrons. The monoisotopic (exact) mass is 364 g/mol. The van der Waals surface area contributed by atoms with Gasteiger partial charge in [-0.25, -0.2) is 4.79 Å². The Morgan fingerprint density at radius 2 is 1.78 bits per heavy atom. The SMILES string of the molecule is COC(=O)c1ccc(C2OC3(C)OC(=N)C(C#N)(C3C)C2(C#N)C#N)cc1. The zero-order chi connectivity index (χ0) is 20.0. The molecular weight excluding hydrogens is 348 g/mol. The molecule has 8 nitrogen and oxygen atoms in total. The third-order valence-electron chi connectivity index (χ3n) is 5.63. The van der Waals surface area contributed by atoms with Crippen molar-refractivity contribution in [1.82, 2.24) is 0 Å². The lowest BCUT2D eigenvalue weighted by Crippen LogP contribution is -2.57. The lowest BCUT2D eigenvalue weighted by molar-refractivity contribution is -0.268. The fraction of sp³-hybridized carbons (Fsp3) is 0.421. The summed E-state index contributed by atoms with van der Waals surface area (Å²) in [6.07, 6.45) is -1.15. The zero-order valence-electron chi connectivity index (χ0n) is 14.9. The van der Waals surface area contributed by atoms with Gasteiger partial charge in [0.15, 0.2) is 5.41 Å². The Bertz CT molecular complexity index is 938. The molecule has 2 bridgehead atoms. The number of fused-ring (bicyclic) bond motifs is 2. The van der Waals surface area contributed by atoms with Crippen molar-refractivity contribution < 1.29 is 19.0 Å². The number of hydrogen-bond acceptors (Lipinski definition) is 8. The quantitative estimate of drug-likeness (QED) is 0.795. The molecule has 3 rings (SSSR count). The highest BCUT2D eigenvalue weighted by Gasteiger charge is 2.78. The maximum Gasteiger partial charge on any atom is 0.337 e. The molecule has 2 aliphatic heterocycles. The van der Waals surface area contributed by atoms with E-state index in [1.807, 2.05) is 18.2 Å². The van der Waals surface area contributed by atoms with Gasteiger partial charge >= 0.3 is 5.97 Å². The lowest BCUT2D eigenvalue weighted by atomic mass is 9.54. The number of nitrogens with zero attached hydrogens (tertiary/aromatic N) is 3. The van der Waals surface area contributed by atoms with Gasteiger partial charge in [-0.2, -0.15) is 15.8 Å². The highest BCUT2D eigenvalue weighted by molar-refractivity contribution is 5.90. The van der Waals surface area contributed by atoms with Crippen molar-refractivity contribution in [2.45, 2.75) is 25.7 Å². The summed E-state index contributed by atoms with van der Waals surface area (Å²) >= 11 is 0. The summed E-state index contributed by atoms with van der Waals surface area (Å²) in [5, 5.41) is 38.1. The molecule has 0 aliphatic carbocycles. The second-order valence-corrected chi connectivity index (χ2v) is 6.73. The average molecular weight is 364 g/mol. The molecule has 2 heterocycles. The molecule has 1 aromatic carbocycles. The van der Waals surface area contributed by atoms with E-state index in [-0.39, 0.29) is 5.56 Å². The van der Waals surface area contributed by atoms with Crippen LogP contribution >= 0.6 is 0 Å². The van der Waals surface area contributed by atoms with Crippen molar-refractivity contribution in [3.05, 3.63) is 35.4 Å². The average Bonchev–Trinajstić information content (AvgIpc) is 2.82. The summed E-state index contributed by atoms with van der Waals surface area (Å²) in [5.41, 5.74) is -3.07. The smallest absolute Gasteiger partial charge is 0.337 e. The van der Waals surface area contributed by atoms with Crippen molar-refractivity contribution in [2.75, 3.05) is 7.11 Å². The fourth-order valence-corrected chi connectivity index (χ4v) is 3.92. The van der Waals surface area contributed by atoms with E-state index >= 15 is 0 Å². The molecular formula is C19H16N4O4. The molecule has 4 unspecified atom stereocenters. The minimum Gasteiger partial charge on any atom is -0.465 e. The third kappa shape index (κ3) is 2.04. The number of carbonyl (C=O) groups is 1. The highest BCUT2D eigenvalue weighted by atomic mass is 16.7. The first-order valence-corrected chi connectivity index (χ1v) is 8.14. The van der Waals surface area contributed by atoms with Crippen LogP contribution in [0.4, 0.5) is 0 Å². The molecule has 2 fully saturated rings. The summed E-state index contributed by atoms with van der Waals surface area (Å²) < 4.78 is 16.2. The molecule has 0 saturated carbocycles. The molecule has 2 saturated heterocycles. The number of nitrogens with one attached hydrogen (secondary N) is 1. The summed E-state index contributed by atoms with van der Waals surface area (Å²) in [5.74, 6) is -3.03. The van der Waals surface area contributed by atoms with Gasteiger partial charge in [0.05, 0.1) is 36.8 Å². The summed E-state index contributed by atoms with van der Waals surface area (Å²) in [4.78, 5) is 11.6. The third-order valence-corrected chi connectivity index (χ3v) is 5.63. The van der Waals surface area contributed by atoms with Gasteiger partial charge in [-0.05, 0) is 17.7 Å². The number of carbonyl (C=O) groups excluding carboxylic acids is 1. The second kappa shape index (κ2) is 5.81. The van der Waals surface area contributed by atoms with Crippen LogP contribution < -0.4 is 0 Å². The van der Waals surface area contributed by atoms with Crippen LogP contribution in [0, 0.1) is 56.2 Å². The van der Waals surface area contributed by atoms with Crippen LogP contribution in [0.15, 0.2) is 24.3 Å². The van der Waals surface area contributed by atoms with Crippen LogP contribution in [-0.4, -0.2) is 24.8 Å². The summed E-state index contributed by atoms with van der Waals surface area (Å²) in [7, 11) is 1.26. The topological polar surface area (TPSA) is 140 Å². The van der Waals surface area contributed by atoms with E-state index in [4.69, 9.17) is 14.9 Å². The van der Waals surface area contributed by atoms with Crippen molar-refractivity contribution in [1.29, 1.82) is 21.2 Å². The van der Waals surface area contributed by atoms with Crippen LogP contribution in [0.1, 0.15) is 35.9 Å². The highest BCUT2D eigenvalue weighted by Crippen LogP contribution is 2.66. The van der Waals surface area contributed by atoms with Gasteiger partial charge in [0, 0.05) is 6.92 Å². The van der Waals surface area contributed by atoms with Crippen molar-refractivity contribution in [3.63, 3.8) is 0 Å². The molecule has 1 N–H and O–H groups in total. The largest absolute Gasteiger partial charge is 0.465 e. The Morgan fingerprint density at radius 3 is 2.26 bits per heavy atom. The van der Waals surface area contributed by atoms with Gasteiger partial charge in [-0.3, -0.25) is 5.41 Å². The molecule has 0 spiro atoms. The Labute approximate surface area is 156 Å². The normalized spacial score (nSPS) is 33.1. The minimum atomic E-state index is -2.00. The molecule has 4 atom stereocenters. The van der Waals surface area contributed by atoms with Gasteiger partial charge in [0.25, 0.3) is 0 Å². The first-order chi connectivity index (χ1) is 12.8. The van der Waals surface area contributed by atoms with Crippen LogP contribution in [0.25, 0.3) is 0 Å². The van der Waals surface area contributed by atoms with Gasteiger partial charge in [0.2, 0.25) is 17.1 Å². The van der Waals surface area contributed by atoms with E-state index in [0.717, 1.165) is 0 Å². The summed E-state index contributed by atoms with van der Waals surface area (Å²) in [6.45, 7) is 3.21. The van der Waals surface area contributed by atoms with E-state index in [1.54, 1.807) is 13.8 Å². The van der Waals surface area contributed by atoms with E-state index in [1.165, 1.54) is 31.4 Å². The molecule has 27 heavy (non-hydrogen) atoms. The van der Waals surface area contributed by atoms with Crippen molar-refractivity contribution >= 4 is 11.9 Å². The van der Waals surface area contributed by atoms with E-state index in [9.17, 15) is 20.6 Å². The van der Waals surface area contributed by atoms with Crippen LogP contribution in [0.5, 0.6) is 0 Å². The number of methoxy groups -OCH3 is 1. The number of rotatable bonds is 2. The molecule has 8 heteroatoms. The standard InChI is InChI=1S/C19H16N4O4/c1-11-17(2)26-14(12-4-6-13(7-5-12)15(24)25-3)18(8-20,9-21)19(11,10-22)16(23)27-17/h4-7,11,14,23H,1-3H3. The van der Waals surface area contributed by atoms with Crippen LogP contribution in [0.2, 0.25) is 0 Å². The predicted octanol–water partition coefficient (Wildman–Crippen LogP) is 2.45. The van der Waals surface area contributed by atoms with Gasteiger partial charge in [0.1, 0.15) is 6.10 Å². The maximum absolute atomic E-state index is 11.6. The minimum absolute atomic E-state index is 0.290. The van der Waals surface area contributed by atoms with Crippen molar-refractivity contribution in [3.8, 4) is 18.2 Å². The van der Waals surface area contributed by atoms with Gasteiger partial charge in [-0.15, -0.1) is 0 Å². The first-order valence-electron chi connectivity index (χ1n) is 8.14. The summed E-state index contributed by atoms with van der Waals surface area (Å²) in [6, 6.07) is 11.9. The predicted molar refractivity (Wildman–Crippen MR) is 89.7 cm³/mol. The Kier molecular flexibility index (Phi) is 3.95. The number of benzene rings is 1. The fourth-order valence-electron chi connectivity index (χ4n) is 3.92. The zero-order valence-corrected chi connectivity index (χ0v) is 14.9. The van der Waals surface area contributed by atoms with E-state index in [0.29, 0.717) is 5.56 Å². The Balaban J connectivity index is 2.21. The molecule has 1 aromatic rings. The Morgan fingerprint density at radius 1 is 1.19 bits per heavy atom. The number of nitriles is 3. The van der Waals surface area contributed by atoms with Crippen LogP contribution in [0.3, 0.4) is 0 Å². The number of ether oxygens (including phenoxy) is 3. The molecule has 2 aliphatic rings. The molecule has 0 aromatic heterocycles. The molecule has 0 amide bonds. The second-order valence-electron chi connectivity index (χ2n) is 6.73. The van der Waals surface area contributed by atoms with Crippen LogP contribution in [-0.2, 0) is 14.2 Å². The first kappa shape index (κ1) is 18.4. The van der Waals surface area contributed by atoms with Crippen molar-refractivity contribution in [2.24, 2.45) is 16.7 Å². The Hall–Kier alpha value is -3.41. The van der Waals surface area contributed by atoms with Gasteiger partial charge in [-0.1, -0.05) is 19.1 Å². The maximum atomic E-state index is 11.6. The number of hydrogen-bond donors (Lipinski definition) is 1. The molecule has 0 radical (unpaired) electrons. The van der Waals surface area contributed by atoms with Gasteiger partial charge < -0.3 is 14.2 Å².